The number of amides is 1. The normalized spacial score (nSPS) is 11.4. The molecule has 8 heteroatoms. The third kappa shape index (κ3) is 3.53. The summed E-state index contributed by atoms with van der Waals surface area (Å²) in [5.41, 5.74) is 6.30. The number of anilines is 2. The second-order valence-corrected chi connectivity index (χ2v) is 4.48. The molecule has 0 bridgehead atoms. The summed E-state index contributed by atoms with van der Waals surface area (Å²) in [6, 6.07) is 5.94. The van der Waals surface area contributed by atoms with Gasteiger partial charge in [0.25, 0.3) is 0 Å². The van der Waals surface area contributed by atoms with E-state index in [1.807, 2.05) is 0 Å². The molecule has 2 rings (SSSR count). The lowest BCUT2D eigenvalue weighted by Crippen LogP contribution is -2.21. The number of hydrogen-bond donors (Lipinski definition) is 2. The molecule has 0 spiro atoms. The largest absolute Gasteiger partial charge is 0.435 e. The summed E-state index contributed by atoms with van der Waals surface area (Å²) in [7, 11) is 0. The van der Waals surface area contributed by atoms with Crippen LogP contribution in [0.3, 0.4) is 0 Å². The zero-order valence-electron chi connectivity index (χ0n) is 11.1. The highest BCUT2D eigenvalue weighted by Gasteiger charge is 2.33. The third-order valence-corrected chi connectivity index (χ3v) is 2.81. The van der Waals surface area contributed by atoms with Crippen molar-refractivity contribution in [1.29, 1.82) is 0 Å². The van der Waals surface area contributed by atoms with Gasteiger partial charge in [-0.05, 0) is 24.6 Å². The second kappa shape index (κ2) is 5.47. The fourth-order valence-corrected chi connectivity index (χ4v) is 1.79. The van der Waals surface area contributed by atoms with Gasteiger partial charge >= 0.3 is 6.18 Å². The van der Waals surface area contributed by atoms with Crippen molar-refractivity contribution in [3.05, 3.63) is 41.7 Å². The highest BCUT2D eigenvalue weighted by Crippen LogP contribution is 2.27. The zero-order valence-corrected chi connectivity index (χ0v) is 11.1. The molecule has 0 aliphatic carbocycles. The molecule has 0 fully saturated rings. The third-order valence-electron chi connectivity index (χ3n) is 2.81. The number of nitrogens with zero attached hydrogens (tertiary/aromatic N) is 2. The van der Waals surface area contributed by atoms with E-state index in [4.69, 9.17) is 5.73 Å². The van der Waals surface area contributed by atoms with Crippen LogP contribution >= 0.6 is 0 Å². The maximum Gasteiger partial charge on any atom is 0.435 e. The molecule has 1 aromatic carbocycles. The summed E-state index contributed by atoms with van der Waals surface area (Å²) in [5.74, 6) is -0.507. The van der Waals surface area contributed by atoms with Crippen LogP contribution in [0.1, 0.15) is 11.3 Å². The predicted octanol–water partition coefficient (Wildman–Crippen LogP) is 2.43. The summed E-state index contributed by atoms with van der Waals surface area (Å²) in [6.45, 7) is 1.44. The number of nitrogens with two attached hydrogens (primary N) is 1. The molecule has 0 radical (unpaired) electrons. The van der Waals surface area contributed by atoms with Crippen molar-refractivity contribution in [2.75, 3.05) is 11.1 Å². The first kappa shape index (κ1) is 14.9. The Morgan fingerprint density at radius 1 is 1.38 bits per heavy atom. The van der Waals surface area contributed by atoms with Crippen molar-refractivity contribution in [3.8, 4) is 0 Å². The molecule has 0 aliphatic heterocycles. The summed E-state index contributed by atoms with van der Waals surface area (Å²) in [4.78, 5) is 11.8. The number of nitrogen functional groups attached to an aromatic ring is 1. The quantitative estimate of drug-likeness (QED) is 0.855. The minimum atomic E-state index is -4.53. The van der Waals surface area contributed by atoms with Crippen LogP contribution in [0.15, 0.2) is 30.5 Å². The van der Waals surface area contributed by atoms with Crippen LogP contribution in [-0.2, 0) is 17.5 Å². The molecule has 0 saturated heterocycles. The van der Waals surface area contributed by atoms with Crippen molar-refractivity contribution < 1.29 is 18.0 Å². The molecule has 1 heterocycles. The van der Waals surface area contributed by atoms with Crippen molar-refractivity contribution in [2.24, 2.45) is 0 Å². The lowest BCUT2D eigenvalue weighted by atomic mass is 10.1. The van der Waals surface area contributed by atoms with Gasteiger partial charge in [0.2, 0.25) is 5.91 Å². The lowest BCUT2D eigenvalue weighted by molar-refractivity contribution is -0.141. The zero-order chi connectivity index (χ0) is 15.6. The van der Waals surface area contributed by atoms with Gasteiger partial charge in [0.05, 0.1) is 11.4 Å². The molecule has 112 valence electrons. The van der Waals surface area contributed by atoms with Crippen molar-refractivity contribution >= 4 is 17.3 Å². The molecule has 3 N–H and O–H groups in total. The summed E-state index contributed by atoms with van der Waals surface area (Å²) < 4.78 is 38.1. The monoisotopic (exact) mass is 298 g/mol. The van der Waals surface area contributed by atoms with Gasteiger partial charge in [-0.1, -0.05) is 12.1 Å². The van der Waals surface area contributed by atoms with Gasteiger partial charge in [0.15, 0.2) is 5.69 Å². The molecule has 1 aromatic heterocycles. The molecular formula is C13H13F3N4O. The van der Waals surface area contributed by atoms with E-state index in [2.05, 4.69) is 10.4 Å². The Morgan fingerprint density at radius 3 is 2.67 bits per heavy atom. The molecular weight excluding hydrogens is 285 g/mol. The number of halogens is 3. The van der Waals surface area contributed by atoms with E-state index in [0.717, 1.165) is 22.5 Å². The minimum absolute atomic E-state index is 0.330. The summed E-state index contributed by atoms with van der Waals surface area (Å²) >= 11 is 0. The van der Waals surface area contributed by atoms with Crippen LogP contribution < -0.4 is 11.1 Å². The number of aryl methyl sites for hydroxylation is 1. The Kier molecular flexibility index (Phi) is 3.88. The topological polar surface area (TPSA) is 72.9 Å². The first-order valence-corrected chi connectivity index (χ1v) is 6.03. The number of hydrogen-bond acceptors (Lipinski definition) is 3. The van der Waals surface area contributed by atoms with Crippen LogP contribution in [0.5, 0.6) is 0 Å². The molecule has 0 saturated carbocycles. The molecule has 5 nitrogen and oxygen atoms in total. The molecule has 0 aliphatic rings. The van der Waals surface area contributed by atoms with Crippen molar-refractivity contribution in [2.45, 2.75) is 19.6 Å². The number of nitrogens with one attached hydrogen (secondary N) is 1. The Bertz CT molecular complexity index is 643. The smallest absolute Gasteiger partial charge is 0.397 e. The van der Waals surface area contributed by atoms with Crippen molar-refractivity contribution in [1.82, 2.24) is 9.78 Å². The Morgan fingerprint density at radius 2 is 2.10 bits per heavy atom. The predicted molar refractivity (Wildman–Crippen MR) is 71.5 cm³/mol. The van der Waals surface area contributed by atoms with Crippen LogP contribution in [-0.4, -0.2) is 15.7 Å². The summed E-state index contributed by atoms with van der Waals surface area (Å²) in [5, 5.41) is 5.88. The van der Waals surface area contributed by atoms with E-state index in [1.54, 1.807) is 25.1 Å². The number of aromatic nitrogens is 2. The second-order valence-electron chi connectivity index (χ2n) is 4.48. The molecule has 21 heavy (non-hydrogen) atoms. The molecule has 0 unspecified atom stereocenters. The van der Waals surface area contributed by atoms with Gasteiger partial charge in [-0.2, -0.15) is 18.3 Å². The minimum Gasteiger partial charge on any atom is -0.397 e. The Balaban J connectivity index is 2.07. The first-order valence-electron chi connectivity index (χ1n) is 6.03. The number of carbonyl (C=O) groups is 1. The molecule has 0 atom stereocenters. The van der Waals surface area contributed by atoms with Gasteiger partial charge in [-0.15, -0.1) is 0 Å². The van der Waals surface area contributed by atoms with E-state index in [9.17, 15) is 18.0 Å². The van der Waals surface area contributed by atoms with Gasteiger partial charge in [0.1, 0.15) is 6.54 Å². The fraction of sp³-hybridized carbons (Fsp3) is 0.231. The van der Waals surface area contributed by atoms with Crippen LogP contribution in [0.25, 0.3) is 0 Å². The van der Waals surface area contributed by atoms with E-state index >= 15 is 0 Å². The highest BCUT2D eigenvalue weighted by atomic mass is 19.4. The van der Waals surface area contributed by atoms with Gasteiger partial charge in [-0.25, -0.2) is 0 Å². The van der Waals surface area contributed by atoms with E-state index in [0.29, 0.717) is 11.4 Å². The molecule has 1 amide bonds. The average molecular weight is 298 g/mol. The number of para-hydroxylation sites is 1. The van der Waals surface area contributed by atoms with E-state index < -0.39 is 17.8 Å². The van der Waals surface area contributed by atoms with Crippen LogP contribution in [0.2, 0.25) is 0 Å². The van der Waals surface area contributed by atoms with Crippen LogP contribution in [0.4, 0.5) is 24.5 Å². The van der Waals surface area contributed by atoms with Crippen molar-refractivity contribution in [3.63, 3.8) is 0 Å². The van der Waals surface area contributed by atoms with Gasteiger partial charge < -0.3 is 11.1 Å². The fourth-order valence-electron chi connectivity index (χ4n) is 1.79. The number of alkyl halides is 3. The molecule has 2 aromatic rings. The van der Waals surface area contributed by atoms with E-state index in [1.165, 1.54) is 0 Å². The maximum atomic E-state index is 12.4. The number of carbonyl (C=O) groups excluding carboxylic acids is 1. The number of rotatable bonds is 3. The average Bonchev–Trinajstić information content (AvgIpc) is 2.82. The van der Waals surface area contributed by atoms with Crippen LogP contribution in [0, 0.1) is 6.92 Å². The Labute approximate surface area is 118 Å². The number of benzene rings is 1. The standard InChI is InChI=1S/C13H13F3N4O/c1-8-3-2-4-9(17)12(8)18-11(21)7-20-6-5-10(19-20)13(14,15)16/h2-6H,7,17H2,1H3,(H,18,21). The lowest BCUT2D eigenvalue weighted by Gasteiger charge is -2.11. The van der Waals surface area contributed by atoms with E-state index in [-0.39, 0.29) is 6.54 Å². The first-order chi connectivity index (χ1) is 9.77. The summed E-state index contributed by atoms with van der Waals surface area (Å²) in [6.07, 6.45) is -3.42. The van der Waals surface area contributed by atoms with Gasteiger partial charge in [0, 0.05) is 6.20 Å². The highest BCUT2D eigenvalue weighted by molar-refractivity contribution is 5.94. The SMILES string of the molecule is Cc1cccc(N)c1NC(=O)Cn1ccc(C(F)(F)F)n1. The van der Waals surface area contributed by atoms with Gasteiger partial charge in [-0.3, -0.25) is 9.48 Å². The Hall–Kier alpha value is -2.51. The maximum absolute atomic E-state index is 12.4.